The molecule has 1 N–H and O–H groups in total. The minimum atomic E-state index is -1.16. The van der Waals surface area contributed by atoms with Crippen molar-refractivity contribution < 1.29 is 14.3 Å². The Hall–Kier alpha value is -6.00. The van der Waals surface area contributed by atoms with Crippen LogP contribution in [0.5, 0.6) is 0 Å². The quantitative estimate of drug-likeness (QED) is 0.428. The van der Waals surface area contributed by atoms with Gasteiger partial charge in [0.2, 0.25) is 0 Å². The van der Waals surface area contributed by atoms with Crippen molar-refractivity contribution in [1.82, 2.24) is 0 Å². The fourth-order valence-corrected chi connectivity index (χ4v) is 1.83. The summed E-state index contributed by atoms with van der Waals surface area (Å²) < 4.78 is 4.54. The molecule has 0 aliphatic rings. The van der Waals surface area contributed by atoms with Crippen molar-refractivity contribution in [2.24, 2.45) is 0 Å². The summed E-state index contributed by atoms with van der Waals surface area (Å²) in [5.41, 5.74) is 2.25. The van der Waals surface area contributed by atoms with Crippen LogP contribution in [0.4, 0.5) is 11.4 Å². The third kappa shape index (κ3) is 11.3. The van der Waals surface area contributed by atoms with Gasteiger partial charge < -0.3 is 15.0 Å². The molecule has 1 rings (SSSR count). The first-order valence-electron chi connectivity index (χ1n) is 9.21. The van der Waals surface area contributed by atoms with Crippen molar-refractivity contribution in [2.75, 3.05) is 24.3 Å². The van der Waals surface area contributed by atoms with Crippen molar-refractivity contribution in [3.05, 3.63) is 23.8 Å². The van der Waals surface area contributed by atoms with Crippen LogP contribution in [0.2, 0.25) is 0 Å². The molecule has 0 spiro atoms. The molecule has 1 aromatic rings. The zero-order chi connectivity index (χ0) is 25.0. The van der Waals surface area contributed by atoms with E-state index >= 15 is 0 Å². The van der Waals surface area contributed by atoms with Crippen molar-refractivity contribution in [3.63, 3.8) is 0 Å². The summed E-state index contributed by atoms with van der Waals surface area (Å²) in [5.74, 6) is 36.1. The van der Waals surface area contributed by atoms with Gasteiger partial charge in [-0.15, -0.1) is 6.42 Å². The highest BCUT2D eigenvalue weighted by Gasteiger charge is 2.16. The Morgan fingerprint density at radius 2 is 1.26 bits per heavy atom. The normalized spacial score (nSPS) is 6.76. The van der Waals surface area contributed by atoms with Gasteiger partial charge in [-0.1, -0.05) is 0 Å². The van der Waals surface area contributed by atoms with Gasteiger partial charge in [0.1, 0.15) is 6.11 Å². The number of esters is 1. The number of carbonyl (C=O) groups excluding carboxylic acids is 2. The predicted molar refractivity (Wildman–Crippen MR) is 131 cm³/mol. The number of terminal acetylenes is 1. The standard InChI is InChI=1S/C29H14N2O3/c1-5-6-7-8-9-10-11-12-13-14-15-16-17-18-19-20-23-34-29(33)28(32)30-27-22-21-26(31(3)4)24-25(27)2/h1,21-22,24H,2-4H3,(H,30,32). The van der Waals surface area contributed by atoms with Gasteiger partial charge in [-0.25, -0.2) is 4.79 Å². The Morgan fingerprint density at radius 3 is 1.71 bits per heavy atom. The molecular weight excluding hydrogens is 424 g/mol. The van der Waals surface area contributed by atoms with E-state index in [0.717, 1.165) is 11.3 Å². The lowest BCUT2D eigenvalue weighted by atomic mass is 10.1. The van der Waals surface area contributed by atoms with E-state index < -0.39 is 11.9 Å². The summed E-state index contributed by atoms with van der Waals surface area (Å²) in [6, 6.07) is 5.38. The van der Waals surface area contributed by atoms with Gasteiger partial charge in [-0.3, -0.25) is 4.79 Å². The fourth-order valence-electron chi connectivity index (χ4n) is 1.83. The zero-order valence-electron chi connectivity index (χ0n) is 18.5. The highest BCUT2D eigenvalue weighted by Crippen LogP contribution is 2.21. The zero-order valence-corrected chi connectivity index (χ0v) is 18.5. The summed E-state index contributed by atoms with van der Waals surface area (Å²) in [7, 11) is 3.80. The van der Waals surface area contributed by atoms with Gasteiger partial charge in [0.25, 0.3) is 0 Å². The molecule has 0 fully saturated rings. The molecule has 0 aliphatic carbocycles. The summed E-state index contributed by atoms with van der Waals surface area (Å²) in [5, 5.41) is 2.47. The number of benzene rings is 1. The van der Waals surface area contributed by atoms with Crippen LogP contribution >= 0.6 is 0 Å². The highest BCUT2D eigenvalue weighted by atomic mass is 16.5. The maximum absolute atomic E-state index is 11.9. The van der Waals surface area contributed by atoms with Gasteiger partial charge in [-0.2, -0.15) is 0 Å². The van der Waals surface area contributed by atoms with Crippen LogP contribution in [0.25, 0.3) is 0 Å². The van der Waals surface area contributed by atoms with E-state index in [2.05, 4.69) is 105 Å². The number of nitrogens with one attached hydrogen (secondary N) is 1. The van der Waals surface area contributed by atoms with Gasteiger partial charge in [0.15, 0.2) is 0 Å². The SMILES string of the molecule is C#CC#CC#CC#CC#CC#CC#CC#CC#COC(=O)C(=O)Nc1ccc(N(C)C)cc1C. The average molecular weight is 438 g/mol. The van der Waals surface area contributed by atoms with Crippen molar-refractivity contribution >= 4 is 23.3 Å². The van der Waals surface area contributed by atoms with E-state index in [9.17, 15) is 9.59 Å². The Morgan fingerprint density at radius 1 is 0.794 bits per heavy atom. The van der Waals surface area contributed by atoms with Crippen LogP contribution in [0.1, 0.15) is 5.56 Å². The molecule has 0 radical (unpaired) electrons. The first-order valence-corrected chi connectivity index (χ1v) is 9.21. The lowest BCUT2D eigenvalue weighted by Crippen LogP contribution is -2.24. The molecular formula is C29H14N2O3. The number of carbonyl (C=O) groups is 2. The Kier molecular flexibility index (Phi) is 12.1. The molecule has 0 aliphatic heterocycles. The van der Waals surface area contributed by atoms with Crippen LogP contribution in [-0.2, 0) is 14.3 Å². The van der Waals surface area contributed by atoms with E-state index in [1.54, 1.807) is 6.07 Å². The maximum atomic E-state index is 11.9. The number of hydrogen-bond acceptors (Lipinski definition) is 4. The van der Waals surface area contributed by atoms with Crippen LogP contribution in [0.3, 0.4) is 0 Å². The van der Waals surface area contributed by atoms with Gasteiger partial charge >= 0.3 is 11.9 Å². The second kappa shape index (κ2) is 15.8. The third-order valence-electron chi connectivity index (χ3n) is 3.30. The van der Waals surface area contributed by atoms with E-state index in [1.807, 2.05) is 44.2 Å². The molecule has 0 aromatic heterocycles. The number of nitrogens with zero attached hydrogens (tertiary/aromatic N) is 1. The first kappa shape index (κ1) is 26.0. The molecule has 1 aromatic carbocycles. The first-order chi connectivity index (χ1) is 16.5. The van der Waals surface area contributed by atoms with Crippen LogP contribution in [-0.4, -0.2) is 26.0 Å². The molecule has 0 saturated heterocycles. The monoisotopic (exact) mass is 438 g/mol. The molecule has 34 heavy (non-hydrogen) atoms. The molecule has 0 unspecified atom stereocenters. The van der Waals surface area contributed by atoms with Gasteiger partial charge in [0.05, 0.1) is 0 Å². The molecule has 158 valence electrons. The number of anilines is 2. The number of ether oxygens (including phenoxy) is 1. The van der Waals surface area contributed by atoms with Crippen LogP contribution in [0.15, 0.2) is 18.2 Å². The van der Waals surface area contributed by atoms with Crippen molar-refractivity contribution in [3.8, 4) is 107 Å². The Labute approximate surface area is 200 Å². The van der Waals surface area contributed by atoms with Crippen LogP contribution < -0.4 is 10.2 Å². The average Bonchev–Trinajstić information content (AvgIpc) is 2.82. The summed E-state index contributed by atoms with van der Waals surface area (Å²) in [6.45, 7) is 1.81. The van der Waals surface area contributed by atoms with Gasteiger partial charge in [-0.05, 0) is 78.0 Å². The Bertz CT molecular complexity index is 1530. The molecule has 1 amide bonds. The number of amides is 1. The number of hydrogen-bond donors (Lipinski definition) is 1. The van der Waals surface area contributed by atoms with Crippen molar-refractivity contribution in [1.29, 1.82) is 0 Å². The topological polar surface area (TPSA) is 58.6 Å². The molecule has 0 heterocycles. The lowest BCUT2D eigenvalue weighted by molar-refractivity contribution is -0.147. The van der Waals surface area contributed by atoms with Crippen LogP contribution in [0, 0.1) is 114 Å². The predicted octanol–water partition coefficient (Wildman–Crippen LogP) is 1.16. The molecule has 0 saturated carbocycles. The molecule has 5 heteroatoms. The molecule has 0 atom stereocenters. The largest absolute Gasteiger partial charge is 0.411 e. The second-order valence-electron chi connectivity index (χ2n) is 5.86. The molecule has 0 bridgehead atoms. The smallest absolute Gasteiger partial charge is 0.378 e. The minimum absolute atomic E-state index is 0.494. The van der Waals surface area contributed by atoms with E-state index in [-0.39, 0.29) is 0 Å². The fraction of sp³-hybridized carbons (Fsp3) is 0.103. The summed E-state index contributed by atoms with van der Waals surface area (Å²) in [6.07, 6.45) is 6.95. The summed E-state index contributed by atoms with van der Waals surface area (Å²) in [4.78, 5) is 25.5. The lowest BCUT2D eigenvalue weighted by Gasteiger charge is -2.15. The number of aryl methyl sites for hydroxylation is 1. The second-order valence-corrected chi connectivity index (χ2v) is 5.86. The maximum Gasteiger partial charge on any atom is 0.411 e. The highest BCUT2D eigenvalue weighted by molar-refractivity contribution is 6.37. The minimum Gasteiger partial charge on any atom is -0.378 e. The summed E-state index contributed by atoms with van der Waals surface area (Å²) >= 11 is 0. The van der Waals surface area contributed by atoms with Crippen molar-refractivity contribution in [2.45, 2.75) is 6.92 Å². The number of rotatable bonds is 2. The van der Waals surface area contributed by atoms with E-state index in [0.29, 0.717) is 5.69 Å². The van der Waals surface area contributed by atoms with Gasteiger partial charge in [0, 0.05) is 72.8 Å². The van der Waals surface area contributed by atoms with E-state index in [1.165, 1.54) is 0 Å². The molecule has 5 nitrogen and oxygen atoms in total. The Balaban J connectivity index is 2.50. The third-order valence-corrected chi connectivity index (χ3v) is 3.30. The van der Waals surface area contributed by atoms with E-state index in [4.69, 9.17) is 6.42 Å².